The fourth-order valence-electron chi connectivity index (χ4n) is 2.71. The van der Waals surface area contributed by atoms with Crippen LogP contribution < -0.4 is 11.5 Å². The molecule has 1 rings (SSSR count). The van der Waals surface area contributed by atoms with Crippen molar-refractivity contribution in [2.75, 3.05) is 11.5 Å². The first-order chi connectivity index (χ1) is 9.70. The molecule has 1 aromatic rings. The second-order valence-corrected chi connectivity index (χ2v) is 5.83. The Balaban J connectivity index is 2.54. The molecule has 0 radical (unpaired) electrons. The van der Waals surface area contributed by atoms with Gasteiger partial charge in [0.1, 0.15) is 0 Å². The predicted molar refractivity (Wildman–Crippen MR) is 91.0 cm³/mol. The molecule has 0 aliphatic carbocycles. The molecule has 0 spiro atoms. The molecule has 0 heterocycles. The largest absolute Gasteiger partial charge is 0.397 e. The van der Waals surface area contributed by atoms with Gasteiger partial charge in [-0.2, -0.15) is 0 Å². The Morgan fingerprint density at radius 1 is 0.750 bits per heavy atom. The molecule has 114 valence electrons. The highest BCUT2D eigenvalue weighted by atomic mass is 14.7. The third-order valence-corrected chi connectivity index (χ3v) is 4.07. The van der Waals surface area contributed by atoms with Gasteiger partial charge < -0.3 is 11.5 Å². The minimum absolute atomic E-state index is 0.742. The van der Waals surface area contributed by atoms with Crippen molar-refractivity contribution in [1.29, 1.82) is 0 Å². The van der Waals surface area contributed by atoms with Gasteiger partial charge in [-0.15, -0.1) is 0 Å². The molecule has 0 fully saturated rings. The van der Waals surface area contributed by atoms with Crippen LogP contribution in [0.25, 0.3) is 0 Å². The van der Waals surface area contributed by atoms with Crippen LogP contribution >= 0.6 is 0 Å². The van der Waals surface area contributed by atoms with E-state index < -0.39 is 0 Å². The Hall–Kier alpha value is -1.18. The average Bonchev–Trinajstić information content (AvgIpc) is 2.45. The Morgan fingerprint density at radius 2 is 1.40 bits per heavy atom. The molecule has 0 aromatic heterocycles. The van der Waals surface area contributed by atoms with Crippen molar-refractivity contribution in [1.82, 2.24) is 0 Å². The van der Waals surface area contributed by atoms with Crippen LogP contribution in [0.4, 0.5) is 11.4 Å². The van der Waals surface area contributed by atoms with E-state index >= 15 is 0 Å². The summed E-state index contributed by atoms with van der Waals surface area (Å²) in [5.41, 5.74) is 16.4. The zero-order valence-electron chi connectivity index (χ0n) is 13.4. The van der Waals surface area contributed by atoms with E-state index in [0.717, 1.165) is 24.2 Å². The highest BCUT2D eigenvalue weighted by Crippen LogP contribution is 2.27. The van der Waals surface area contributed by atoms with E-state index in [9.17, 15) is 0 Å². The van der Waals surface area contributed by atoms with Gasteiger partial charge in [-0.25, -0.2) is 0 Å². The Labute approximate surface area is 124 Å². The number of hydrogen-bond acceptors (Lipinski definition) is 2. The van der Waals surface area contributed by atoms with Gasteiger partial charge in [-0.1, -0.05) is 58.4 Å². The molecule has 20 heavy (non-hydrogen) atoms. The number of anilines is 2. The zero-order valence-corrected chi connectivity index (χ0v) is 13.4. The van der Waals surface area contributed by atoms with E-state index in [4.69, 9.17) is 11.5 Å². The lowest BCUT2D eigenvalue weighted by Crippen LogP contribution is -2.04. The van der Waals surface area contributed by atoms with Crippen LogP contribution in [-0.2, 0) is 12.8 Å². The predicted octanol–water partition coefficient (Wildman–Crippen LogP) is 5.10. The van der Waals surface area contributed by atoms with Crippen LogP contribution in [0.3, 0.4) is 0 Å². The van der Waals surface area contributed by atoms with Gasteiger partial charge in [0.05, 0.1) is 11.4 Å². The summed E-state index contributed by atoms with van der Waals surface area (Å²) in [6, 6.07) is 4.14. The van der Waals surface area contributed by atoms with Crippen molar-refractivity contribution in [2.45, 2.75) is 78.1 Å². The highest BCUT2D eigenvalue weighted by Gasteiger charge is 2.09. The average molecular weight is 276 g/mol. The van der Waals surface area contributed by atoms with E-state index in [-0.39, 0.29) is 0 Å². The molecule has 4 N–H and O–H groups in total. The second-order valence-electron chi connectivity index (χ2n) is 5.83. The molecule has 2 heteroatoms. The molecule has 0 aliphatic heterocycles. The normalized spacial score (nSPS) is 10.9. The molecule has 0 unspecified atom stereocenters. The van der Waals surface area contributed by atoms with Crippen LogP contribution in [0.5, 0.6) is 0 Å². The third kappa shape index (κ3) is 5.44. The fourth-order valence-corrected chi connectivity index (χ4v) is 2.71. The lowest BCUT2D eigenvalue weighted by molar-refractivity contribution is 0.606. The topological polar surface area (TPSA) is 52.0 Å². The number of nitrogens with two attached hydrogens (primary N) is 2. The van der Waals surface area contributed by atoms with Crippen molar-refractivity contribution < 1.29 is 0 Å². The minimum Gasteiger partial charge on any atom is -0.397 e. The van der Waals surface area contributed by atoms with Gasteiger partial charge in [-0.3, -0.25) is 0 Å². The molecule has 0 saturated carbocycles. The maximum atomic E-state index is 6.19. The van der Waals surface area contributed by atoms with E-state index in [1.807, 2.05) is 6.07 Å². The summed E-state index contributed by atoms with van der Waals surface area (Å²) in [4.78, 5) is 0. The quantitative estimate of drug-likeness (QED) is 0.461. The highest BCUT2D eigenvalue weighted by molar-refractivity contribution is 5.69. The maximum Gasteiger partial charge on any atom is 0.0583 e. The number of benzene rings is 1. The molecular weight excluding hydrogens is 244 g/mol. The fraction of sp³-hybridized carbons (Fsp3) is 0.667. The summed E-state index contributed by atoms with van der Waals surface area (Å²) in [6.45, 7) is 4.49. The molecule has 0 aliphatic rings. The molecule has 1 aromatic carbocycles. The lowest BCUT2D eigenvalue weighted by atomic mass is 9.95. The molecule has 0 saturated heterocycles. The maximum absolute atomic E-state index is 6.19. The van der Waals surface area contributed by atoms with E-state index in [1.165, 1.54) is 62.5 Å². The Bertz CT molecular complexity index is 385. The summed E-state index contributed by atoms with van der Waals surface area (Å²) in [6.07, 6.45) is 12.6. The van der Waals surface area contributed by atoms with Crippen LogP contribution in [0, 0.1) is 0 Å². The van der Waals surface area contributed by atoms with E-state index in [0.29, 0.717) is 0 Å². The van der Waals surface area contributed by atoms with Crippen molar-refractivity contribution in [3.05, 3.63) is 23.3 Å². The minimum atomic E-state index is 0.742. The molecule has 0 bridgehead atoms. The van der Waals surface area contributed by atoms with Crippen molar-refractivity contribution in [3.63, 3.8) is 0 Å². The summed E-state index contributed by atoms with van der Waals surface area (Å²) in [5.74, 6) is 0. The number of rotatable bonds is 10. The van der Waals surface area contributed by atoms with Crippen LogP contribution in [0.2, 0.25) is 0 Å². The SMILES string of the molecule is CCCCCCCCc1c(CCCC)ccc(N)c1N. The monoisotopic (exact) mass is 276 g/mol. The zero-order chi connectivity index (χ0) is 14.8. The standard InChI is InChI=1S/C18H32N2/c1-3-5-7-8-9-10-12-16-15(11-6-4-2)13-14-17(19)18(16)20/h13-14H,3-12,19-20H2,1-2H3. The van der Waals surface area contributed by atoms with Crippen molar-refractivity contribution in [3.8, 4) is 0 Å². The van der Waals surface area contributed by atoms with Gasteiger partial charge in [0.25, 0.3) is 0 Å². The van der Waals surface area contributed by atoms with E-state index in [2.05, 4.69) is 19.9 Å². The number of unbranched alkanes of at least 4 members (excludes halogenated alkanes) is 6. The van der Waals surface area contributed by atoms with Crippen LogP contribution in [-0.4, -0.2) is 0 Å². The first-order valence-corrected chi connectivity index (χ1v) is 8.36. The summed E-state index contributed by atoms with van der Waals surface area (Å²) in [5, 5.41) is 0. The number of nitrogen functional groups attached to an aromatic ring is 2. The third-order valence-electron chi connectivity index (χ3n) is 4.07. The van der Waals surface area contributed by atoms with Gasteiger partial charge in [0, 0.05) is 0 Å². The van der Waals surface area contributed by atoms with E-state index in [1.54, 1.807) is 0 Å². The summed E-state index contributed by atoms with van der Waals surface area (Å²) < 4.78 is 0. The Kier molecular flexibility index (Phi) is 8.17. The molecule has 0 atom stereocenters. The second kappa shape index (κ2) is 9.68. The Morgan fingerprint density at radius 3 is 2.10 bits per heavy atom. The smallest absolute Gasteiger partial charge is 0.0583 e. The number of hydrogen-bond donors (Lipinski definition) is 2. The summed E-state index contributed by atoms with van der Waals surface area (Å²) in [7, 11) is 0. The van der Waals surface area contributed by atoms with Gasteiger partial charge in [0.15, 0.2) is 0 Å². The van der Waals surface area contributed by atoms with Gasteiger partial charge in [0.2, 0.25) is 0 Å². The summed E-state index contributed by atoms with van der Waals surface area (Å²) >= 11 is 0. The van der Waals surface area contributed by atoms with Crippen molar-refractivity contribution >= 4 is 11.4 Å². The first-order valence-electron chi connectivity index (χ1n) is 8.36. The molecular formula is C18H32N2. The lowest BCUT2D eigenvalue weighted by Gasteiger charge is -2.14. The molecule has 0 amide bonds. The van der Waals surface area contributed by atoms with Crippen LogP contribution in [0.1, 0.15) is 76.3 Å². The first kappa shape index (κ1) is 16.9. The molecule has 2 nitrogen and oxygen atoms in total. The van der Waals surface area contributed by atoms with Gasteiger partial charge >= 0.3 is 0 Å². The van der Waals surface area contributed by atoms with Gasteiger partial charge in [-0.05, 0) is 42.9 Å². The number of aryl methyl sites for hydroxylation is 1. The van der Waals surface area contributed by atoms with Crippen molar-refractivity contribution in [2.24, 2.45) is 0 Å². The van der Waals surface area contributed by atoms with Crippen LogP contribution in [0.15, 0.2) is 12.1 Å².